The van der Waals surface area contributed by atoms with Crippen LogP contribution in [0.15, 0.2) is 0 Å². The third-order valence-corrected chi connectivity index (χ3v) is 6.39. The average Bonchev–Trinajstić information content (AvgIpc) is 2.47. The molecular formula is C14H29N3O2S. The van der Waals surface area contributed by atoms with Crippen LogP contribution < -0.4 is 5.32 Å². The Bertz CT molecular complexity index is 372. The highest BCUT2D eigenvalue weighted by molar-refractivity contribution is 7.89. The fourth-order valence-electron chi connectivity index (χ4n) is 3.19. The molecule has 0 bridgehead atoms. The van der Waals surface area contributed by atoms with Crippen molar-refractivity contribution in [3.8, 4) is 0 Å². The van der Waals surface area contributed by atoms with Gasteiger partial charge in [-0.2, -0.15) is 0 Å². The highest BCUT2D eigenvalue weighted by Gasteiger charge is 2.27. The number of sulfonamides is 1. The van der Waals surface area contributed by atoms with Crippen LogP contribution in [0.5, 0.6) is 0 Å². The molecule has 0 saturated carbocycles. The molecule has 2 aliphatic heterocycles. The summed E-state index contributed by atoms with van der Waals surface area (Å²) in [5.74, 6) is 1.02. The van der Waals surface area contributed by atoms with Gasteiger partial charge in [0.25, 0.3) is 0 Å². The molecular weight excluding hydrogens is 274 g/mol. The Morgan fingerprint density at radius 2 is 1.75 bits per heavy atom. The van der Waals surface area contributed by atoms with Gasteiger partial charge in [-0.3, -0.25) is 4.90 Å². The minimum Gasteiger partial charge on any atom is -0.314 e. The summed E-state index contributed by atoms with van der Waals surface area (Å²) in [6.45, 7) is 8.23. The Morgan fingerprint density at radius 1 is 1.10 bits per heavy atom. The molecule has 2 saturated heterocycles. The van der Waals surface area contributed by atoms with Crippen molar-refractivity contribution in [1.29, 1.82) is 0 Å². The molecule has 2 fully saturated rings. The largest absolute Gasteiger partial charge is 0.314 e. The first-order valence-electron chi connectivity index (χ1n) is 8.02. The number of piperidine rings is 1. The topological polar surface area (TPSA) is 52.7 Å². The van der Waals surface area contributed by atoms with E-state index in [-0.39, 0.29) is 5.75 Å². The van der Waals surface area contributed by atoms with E-state index in [1.54, 1.807) is 4.31 Å². The number of nitrogens with zero attached hydrogens (tertiary/aromatic N) is 2. The Labute approximate surface area is 123 Å². The summed E-state index contributed by atoms with van der Waals surface area (Å²) in [5, 5.41) is 3.29. The van der Waals surface area contributed by atoms with E-state index in [0.717, 1.165) is 58.0 Å². The Balaban J connectivity index is 1.75. The molecule has 0 atom stereocenters. The van der Waals surface area contributed by atoms with Crippen molar-refractivity contribution in [3.63, 3.8) is 0 Å². The summed E-state index contributed by atoms with van der Waals surface area (Å²) in [4.78, 5) is 2.25. The van der Waals surface area contributed by atoms with Gasteiger partial charge in [0, 0.05) is 45.8 Å². The number of hydrogen-bond donors (Lipinski definition) is 1. The monoisotopic (exact) mass is 303 g/mol. The zero-order valence-electron chi connectivity index (χ0n) is 12.7. The maximum atomic E-state index is 12.4. The number of nitrogens with one attached hydrogen (secondary N) is 1. The van der Waals surface area contributed by atoms with Gasteiger partial charge in [0.1, 0.15) is 0 Å². The molecule has 6 heteroatoms. The van der Waals surface area contributed by atoms with E-state index in [9.17, 15) is 8.42 Å². The van der Waals surface area contributed by atoms with E-state index in [2.05, 4.69) is 17.1 Å². The van der Waals surface area contributed by atoms with Crippen molar-refractivity contribution >= 4 is 10.0 Å². The summed E-state index contributed by atoms with van der Waals surface area (Å²) >= 11 is 0. The summed E-state index contributed by atoms with van der Waals surface area (Å²) in [7, 11) is -3.05. The second kappa shape index (κ2) is 7.73. The van der Waals surface area contributed by atoms with Crippen LogP contribution in [0, 0.1) is 5.92 Å². The van der Waals surface area contributed by atoms with Gasteiger partial charge in [-0.15, -0.1) is 0 Å². The third-order valence-electron chi connectivity index (χ3n) is 4.54. The molecule has 0 aromatic rings. The minimum absolute atomic E-state index is 0.283. The first kappa shape index (κ1) is 16.2. The van der Waals surface area contributed by atoms with Gasteiger partial charge in [0.2, 0.25) is 10.0 Å². The van der Waals surface area contributed by atoms with E-state index < -0.39 is 10.0 Å². The lowest BCUT2D eigenvalue weighted by molar-refractivity contribution is 0.245. The highest BCUT2D eigenvalue weighted by Crippen LogP contribution is 2.23. The van der Waals surface area contributed by atoms with Gasteiger partial charge in [0.15, 0.2) is 0 Å². The quantitative estimate of drug-likeness (QED) is 0.786. The molecule has 20 heavy (non-hydrogen) atoms. The predicted molar refractivity (Wildman–Crippen MR) is 82.3 cm³/mol. The molecule has 118 valence electrons. The van der Waals surface area contributed by atoms with Gasteiger partial charge in [-0.25, -0.2) is 12.7 Å². The van der Waals surface area contributed by atoms with E-state index in [1.807, 2.05) is 0 Å². The fraction of sp³-hybridized carbons (Fsp3) is 1.00. The predicted octanol–water partition coefficient (Wildman–Crippen LogP) is 0.734. The number of rotatable bonds is 6. The molecule has 2 rings (SSSR count). The van der Waals surface area contributed by atoms with Crippen LogP contribution in [0.25, 0.3) is 0 Å². The van der Waals surface area contributed by atoms with Crippen LogP contribution in [0.2, 0.25) is 0 Å². The number of hydrogen-bond acceptors (Lipinski definition) is 4. The van der Waals surface area contributed by atoms with Crippen LogP contribution >= 0.6 is 0 Å². The molecule has 2 heterocycles. The van der Waals surface area contributed by atoms with Gasteiger partial charge in [0.05, 0.1) is 5.75 Å². The Hall–Kier alpha value is -0.170. The lowest BCUT2D eigenvalue weighted by atomic mass is 9.94. The molecule has 0 radical (unpaired) electrons. The van der Waals surface area contributed by atoms with Gasteiger partial charge in [-0.1, -0.05) is 19.8 Å². The van der Waals surface area contributed by atoms with Crippen molar-refractivity contribution in [2.45, 2.75) is 32.6 Å². The van der Waals surface area contributed by atoms with E-state index in [0.29, 0.717) is 6.54 Å². The molecule has 0 unspecified atom stereocenters. The van der Waals surface area contributed by atoms with Gasteiger partial charge >= 0.3 is 0 Å². The summed E-state index contributed by atoms with van der Waals surface area (Å²) < 4.78 is 26.5. The molecule has 0 aromatic heterocycles. The maximum Gasteiger partial charge on any atom is 0.215 e. The Morgan fingerprint density at radius 3 is 2.35 bits per heavy atom. The second-order valence-electron chi connectivity index (χ2n) is 6.04. The Kier molecular flexibility index (Phi) is 6.26. The normalized spacial score (nSPS) is 24.1. The summed E-state index contributed by atoms with van der Waals surface area (Å²) in [5.41, 5.74) is 0. The SMILES string of the molecule is CCCC1CCN(S(=O)(=O)CCN2CCNCC2)CC1. The zero-order valence-corrected chi connectivity index (χ0v) is 13.5. The molecule has 0 aliphatic carbocycles. The first-order chi connectivity index (χ1) is 9.62. The van der Waals surface area contributed by atoms with Crippen molar-refractivity contribution in [2.24, 2.45) is 5.92 Å². The highest BCUT2D eigenvalue weighted by atomic mass is 32.2. The number of piperazine rings is 1. The lowest BCUT2D eigenvalue weighted by Gasteiger charge is -2.32. The van der Waals surface area contributed by atoms with Gasteiger partial charge in [-0.05, 0) is 18.8 Å². The van der Waals surface area contributed by atoms with Crippen LogP contribution in [0.4, 0.5) is 0 Å². The lowest BCUT2D eigenvalue weighted by Crippen LogP contribution is -2.47. The second-order valence-corrected chi connectivity index (χ2v) is 8.13. The standard InChI is InChI=1S/C14H29N3O2S/c1-2-3-14-4-8-17(9-5-14)20(18,19)13-12-16-10-6-15-7-11-16/h14-15H,2-13H2,1H3. The molecule has 5 nitrogen and oxygen atoms in total. The van der Waals surface area contributed by atoms with Crippen molar-refractivity contribution in [2.75, 3.05) is 51.6 Å². The molecule has 2 aliphatic rings. The van der Waals surface area contributed by atoms with Crippen LogP contribution in [0.1, 0.15) is 32.6 Å². The van der Waals surface area contributed by atoms with Crippen LogP contribution in [-0.2, 0) is 10.0 Å². The maximum absolute atomic E-state index is 12.4. The van der Waals surface area contributed by atoms with E-state index in [1.165, 1.54) is 12.8 Å². The molecule has 0 aromatic carbocycles. The fourth-order valence-corrected chi connectivity index (χ4v) is 4.71. The smallest absolute Gasteiger partial charge is 0.215 e. The van der Waals surface area contributed by atoms with Gasteiger partial charge < -0.3 is 5.32 Å². The van der Waals surface area contributed by atoms with Crippen molar-refractivity contribution in [3.05, 3.63) is 0 Å². The third kappa shape index (κ3) is 4.69. The minimum atomic E-state index is -3.05. The van der Waals surface area contributed by atoms with Crippen LogP contribution in [-0.4, -0.2) is 69.2 Å². The average molecular weight is 303 g/mol. The van der Waals surface area contributed by atoms with E-state index in [4.69, 9.17) is 0 Å². The van der Waals surface area contributed by atoms with Crippen molar-refractivity contribution < 1.29 is 8.42 Å². The first-order valence-corrected chi connectivity index (χ1v) is 9.63. The summed E-state index contributed by atoms with van der Waals surface area (Å²) in [6, 6.07) is 0. The van der Waals surface area contributed by atoms with E-state index >= 15 is 0 Å². The van der Waals surface area contributed by atoms with Crippen LogP contribution in [0.3, 0.4) is 0 Å². The zero-order chi connectivity index (χ0) is 14.4. The van der Waals surface area contributed by atoms with Crippen molar-refractivity contribution in [1.82, 2.24) is 14.5 Å². The summed E-state index contributed by atoms with van der Waals surface area (Å²) in [6.07, 6.45) is 4.54. The molecule has 1 N–H and O–H groups in total. The molecule has 0 amide bonds. The molecule has 0 spiro atoms.